The number of primary amides is 1. The van der Waals surface area contributed by atoms with Crippen LogP contribution in [0.2, 0.25) is 0 Å². The molecule has 2 rings (SSSR count). The highest BCUT2D eigenvalue weighted by Gasteiger charge is 2.11. The lowest BCUT2D eigenvalue weighted by atomic mass is 10.1. The van der Waals surface area contributed by atoms with Crippen LogP contribution in [0.1, 0.15) is 20.8 Å². The van der Waals surface area contributed by atoms with Crippen LogP contribution in [0.25, 0.3) is 0 Å². The Morgan fingerprint density at radius 2 is 2.10 bits per heavy atom. The van der Waals surface area contributed by atoms with Gasteiger partial charge in [-0.3, -0.25) is 14.4 Å². The quantitative estimate of drug-likeness (QED) is 0.733. The molecule has 0 saturated carbocycles. The lowest BCUT2D eigenvalue weighted by Gasteiger charge is -2.08. The average molecular weight is 273 g/mol. The average Bonchev–Trinajstić information content (AvgIpc) is 2.86. The Labute approximate surface area is 113 Å². The summed E-state index contributed by atoms with van der Waals surface area (Å²) in [4.78, 5) is 33.5. The van der Waals surface area contributed by atoms with Gasteiger partial charge in [0.05, 0.1) is 17.4 Å². The van der Waals surface area contributed by atoms with E-state index in [-0.39, 0.29) is 17.8 Å². The van der Waals surface area contributed by atoms with Crippen LogP contribution < -0.4 is 11.1 Å². The van der Waals surface area contributed by atoms with Gasteiger partial charge in [-0.05, 0) is 12.1 Å². The van der Waals surface area contributed by atoms with E-state index >= 15 is 0 Å². The first kappa shape index (κ1) is 13.4. The third kappa shape index (κ3) is 3.05. The summed E-state index contributed by atoms with van der Waals surface area (Å²) in [5.74, 6) is -1.05. The first-order valence-corrected chi connectivity index (χ1v) is 5.64. The van der Waals surface area contributed by atoms with E-state index in [1.807, 2.05) is 0 Å². The number of nitrogens with two attached hydrogens (primary N) is 1. The van der Waals surface area contributed by atoms with Gasteiger partial charge in [-0.1, -0.05) is 17.3 Å². The van der Waals surface area contributed by atoms with Gasteiger partial charge in [0.15, 0.2) is 6.29 Å². The third-order valence-corrected chi connectivity index (χ3v) is 2.45. The van der Waals surface area contributed by atoms with Gasteiger partial charge in [0.25, 0.3) is 5.91 Å². The Balaban J connectivity index is 2.08. The van der Waals surface area contributed by atoms with Crippen LogP contribution in [0.4, 0.5) is 5.69 Å². The maximum Gasteiger partial charge on any atom is 0.250 e. The summed E-state index contributed by atoms with van der Waals surface area (Å²) in [6, 6.07) is 6.39. The zero-order valence-corrected chi connectivity index (χ0v) is 10.3. The van der Waals surface area contributed by atoms with E-state index in [9.17, 15) is 14.4 Å². The smallest absolute Gasteiger partial charge is 0.250 e. The minimum absolute atomic E-state index is 0.131. The summed E-state index contributed by atoms with van der Waals surface area (Å²) in [5.41, 5.74) is 5.88. The highest BCUT2D eigenvalue weighted by atomic mass is 16.2. The van der Waals surface area contributed by atoms with Crippen LogP contribution in [0, 0.1) is 0 Å². The zero-order chi connectivity index (χ0) is 14.5. The molecule has 0 unspecified atom stereocenters. The summed E-state index contributed by atoms with van der Waals surface area (Å²) in [5, 5.41) is 9.69. The van der Waals surface area contributed by atoms with Crippen LogP contribution in [-0.2, 0) is 11.3 Å². The standard InChI is InChI=1S/C12H11N5O3/c13-12(20)9-3-1-2-4-10(9)14-11(19)6-17-5-8(7-18)15-16-17/h1-5,7H,6H2,(H2,13,20)(H,14,19). The number of nitrogens with one attached hydrogen (secondary N) is 1. The van der Waals surface area contributed by atoms with E-state index in [1.54, 1.807) is 18.2 Å². The van der Waals surface area contributed by atoms with Crippen LogP contribution in [0.3, 0.4) is 0 Å². The number of rotatable bonds is 5. The number of hydrogen-bond acceptors (Lipinski definition) is 5. The minimum atomic E-state index is -0.634. The first-order chi connectivity index (χ1) is 9.60. The van der Waals surface area contributed by atoms with Gasteiger partial charge in [-0.25, -0.2) is 4.68 Å². The van der Waals surface area contributed by atoms with E-state index in [1.165, 1.54) is 16.9 Å². The Morgan fingerprint density at radius 3 is 2.75 bits per heavy atom. The van der Waals surface area contributed by atoms with Crippen molar-refractivity contribution in [1.29, 1.82) is 0 Å². The van der Waals surface area contributed by atoms with Gasteiger partial charge in [0.2, 0.25) is 5.91 Å². The third-order valence-electron chi connectivity index (χ3n) is 2.45. The molecule has 0 saturated heterocycles. The molecule has 0 aliphatic carbocycles. The second-order valence-corrected chi connectivity index (χ2v) is 3.92. The van der Waals surface area contributed by atoms with Gasteiger partial charge in [0.1, 0.15) is 12.2 Å². The van der Waals surface area contributed by atoms with E-state index in [4.69, 9.17) is 5.73 Å². The van der Waals surface area contributed by atoms with Crippen molar-refractivity contribution in [2.75, 3.05) is 5.32 Å². The molecule has 2 aromatic rings. The van der Waals surface area contributed by atoms with Crippen molar-refractivity contribution in [3.8, 4) is 0 Å². The van der Waals surface area contributed by atoms with Crippen LogP contribution in [0.5, 0.6) is 0 Å². The Kier molecular flexibility index (Phi) is 3.85. The Morgan fingerprint density at radius 1 is 1.35 bits per heavy atom. The lowest BCUT2D eigenvalue weighted by Crippen LogP contribution is -2.22. The van der Waals surface area contributed by atoms with E-state index in [0.717, 1.165) is 0 Å². The fourth-order valence-corrected chi connectivity index (χ4v) is 1.59. The van der Waals surface area contributed by atoms with Crippen molar-refractivity contribution < 1.29 is 14.4 Å². The number of carbonyl (C=O) groups is 3. The largest absolute Gasteiger partial charge is 0.366 e. The molecule has 8 nitrogen and oxygen atoms in total. The SMILES string of the molecule is NC(=O)c1ccccc1NC(=O)Cn1cc(C=O)nn1. The number of aromatic nitrogens is 3. The van der Waals surface area contributed by atoms with Crippen molar-refractivity contribution in [1.82, 2.24) is 15.0 Å². The predicted molar refractivity (Wildman–Crippen MR) is 69.0 cm³/mol. The summed E-state index contributed by atoms with van der Waals surface area (Å²) < 4.78 is 1.21. The molecule has 20 heavy (non-hydrogen) atoms. The van der Waals surface area contributed by atoms with Crippen LogP contribution in [-0.4, -0.2) is 33.1 Å². The van der Waals surface area contributed by atoms with Crippen molar-refractivity contribution in [3.05, 3.63) is 41.7 Å². The number of hydrogen-bond donors (Lipinski definition) is 2. The number of aldehydes is 1. The summed E-state index contributed by atoms with van der Waals surface area (Å²) >= 11 is 0. The normalized spacial score (nSPS) is 10.0. The van der Waals surface area contributed by atoms with Crippen molar-refractivity contribution >= 4 is 23.8 Å². The second kappa shape index (κ2) is 5.74. The van der Waals surface area contributed by atoms with E-state index < -0.39 is 11.8 Å². The van der Waals surface area contributed by atoms with Crippen molar-refractivity contribution in [2.45, 2.75) is 6.54 Å². The molecule has 3 N–H and O–H groups in total. The molecule has 0 fully saturated rings. The Hall–Kier alpha value is -3.03. The van der Waals surface area contributed by atoms with Gasteiger partial charge >= 0.3 is 0 Å². The molecular formula is C12H11N5O3. The Bertz CT molecular complexity index is 665. The minimum Gasteiger partial charge on any atom is -0.366 e. The molecule has 1 aromatic heterocycles. The number of carbonyl (C=O) groups excluding carboxylic acids is 3. The monoisotopic (exact) mass is 273 g/mol. The summed E-state index contributed by atoms with van der Waals surface area (Å²) in [6.45, 7) is -0.131. The van der Waals surface area contributed by atoms with E-state index in [2.05, 4.69) is 15.6 Å². The second-order valence-electron chi connectivity index (χ2n) is 3.92. The molecule has 0 aliphatic rings. The lowest BCUT2D eigenvalue weighted by molar-refractivity contribution is -0.116. The molecule has 0 bridgehead atoms. The van der Waals surface area contributed by atoms with E-state index in [0.29, 0.717) is 12.0 Å². The van der Waals surface area contributed by atoms with Crippen molar-refractivity contribution in [2.24, 2.45) is 5.73 Å². The number of amides is 2. The molecule has 0 spiro atoms. The number of benzene rings is 1. The fourth-order valence-electron chi connectivity index (χ4n) is 1.59. The fraction of sp³-hybridized carbons (Fsp3) is 0.0833. The predicted octanol–water partition coefficient (Wildman–Crippen LogP) is -0.172. The molecular weight excluding hydrogens is 262 g/mol. The maximum absolute atomic E-state index is 11.8. The van der Waals surface area contributed by atoms with Gasteiger partial charge in [0, 0.05) is 0 Å². The highest BCUT2D eigenvalue weighted by molar-refractivity contribution is 6.02. The highest BCUT2D eigenvalue weighted by Crippen LogP contribution is 2.14. The van der Waals surface area contributed by atoms with Gasteiger partial charge < -0.3 is 11.1 Å². The topological polar surface area (TPSA) is 120 Å². The molecule has 0 aliphatic heterocycles. The maximum atomic E-state index is 11.8. The first-order valence-electron chi connectivity index (χ1n) is 5.64. The van der Waals surface area contributed by atoms with Gasteiger partial charge in [-0.2, -0.15) is 0 Å². The number of nitrogens with zero attached hydrogens (tertiary/aromatic N) is 3. The van der Waals surface area contributed by atoms with Gasteiger partial charge in [-0.15, -0.1) is 5.10 Å². The molecule has 1 aromatic carbocycles. The van der Waals surface area contributed by atoms with Crippen LogP contribution in [0.15, 0.2) is 30.5 Å². The summed E-state index contributed by atoms with van der Waals surface area (Å²) in [6.07, 6.45) is 1.87. The van der Waals surface area contributed by atoms with Crippen LogP contribution >= 0.6 is 0 Å². The molecule has 102 valence electrons. The summed E-state index contributed by atoms with van der Waals surface area (Å²) in [7, 11) is 0. The van der Waals surface area contributed by atoms with Crippen molar-refractivity contribution in [3.63, 3.8) is 0 Å². The molecule has 0 atom stereocenters. The number of anilines is 1. The molecule has 8 heteroatoms. The zero-order valence-electron chi connectivity index (χ0n) is 10.3. The number of para-hydroxylation sites is 1. The molecule has 2 amide bonds. The molecule has 1 heterocycles. The molecule has 0 radical (unpaired) electrons.